The van der Waals surface area contributed by atoms with Gasteiger partial charge in [-0.05, 0) is 29.9 Å². The van der Waals surface area contributed by atoms with Crippen molar-refractivity contribution in [3.63, 3.8) is 0 Å². The summed E-state index contributed by atoms with van der Waals surface area (Å²) in [6.07, 6.45) is 0.782. The second kappa shape index (κ2) is 7.57. The Bertz CT molecular complexity index is 518. The molecule has 3 nitrogen and oxygen atoms in total. The topological polar surface area (TPSA) is 46.2 Å². The van der Waals surface area contributed by atoms with Crippen LogP contribution in [0.15, 0.2) is 29.2 Å². The Kier molecular flexibility index (Phi) is 6.69. The lowest BCUT2D eigenvalue weighted by atomic mass is 9.86. The number of sulfonamides is 1. The minimum Gasteiger partial charge on any atom is -0.211 e. The molecular formula is C15H24BrNO2S. The van der Waals surface area contributed by atoms with Gasteiger partial charge in [-0.2, -0.15) is 0 Å². The molecule has 0 aliphatic heterocycles. The van der Waals surface area contributed by atoms with Crippen LogP contribution >= 0.6 is 15.9 Å². The van der Waals surface area contributed by atoms with Crippen molar-refractivity contribution in [1.82, 2.24) is 4.72 Å². The molecule has 1 aromatic carbocycles. The van der Waals surface area contributed by atoms with Crippen LogP contribution in [-0.2, 0) is 10.0 Å². The molecule has 0 saturated heterocycles. The first-order valence-corrected chi connectivity index (χ1v) is 9.43. The predicted octanol–water partition coefficient (Wildman–Crippen LogP) is 3.90. The Morgan fingerprint density at radius 2 is 1.80 bits per heavy atom. The van der Waals surface area contributed by atoms with E-state index in [1.807, 2.05) is 19.1 Å². The zero-order valence-electron chi connectivity index (χ0n) is 12.6. The number of halogens is 1. The highest BCUT2D eigenvalue weighted by atomic mass is 79.9. The van der Waals surface area contributed by atoms with E-state index in [9.17, 15) is 8.42 Å². The maximum Gasteiger partial charge on any atom is 0.240 e. The molecule has 0 spiro atoms. The maximum absolute atomic E-state index is 12.4. The van der Waals surface area contributed by atoms with Gasteiger partial charge in [0.2, 0.25) is 10.0 Å². The van der Waals surface area contributed by atoms with E-state index in [1.54, 1.807) is 12.1 Å². The van der Waals surface area contributed by atoms with Crippen LogP contribution in [0.25, 0.3) is 0 Å². The lowest BCUT2D eigenvalue weighted by Gasteiger charge is -2.26. The van der Waals surface area contributed by atoms with Crippen LogP contribution in [-0.4, -0.2) is 19.8 Å². The fourth-order valence-electron chi connectivity index (χ4n) is 2.45. The average Bonchev–Trinajstić information content (AvgIpc) is 2.36. The van der Waals surface area contributed by atoms with Crippen molar-refractivity contribution in [3.05, 3.63) is 29.8 Å². The van der Waals surface area contributed by atoms with Crippen molar-refractivity contribution in [3.8, 4) is 0 Å². The molecule has 0 bridgehead atoms. The molecule has 0 saturated carbocycles. The number of alkyl halides is 1. The highest BCUT2D eigenvalue weighted by Crippen LogP contribution is 2.35. The number of hydrogen-bond acceptors (Lipinski definition) is 2. The summed E-state index contributed by atoms with van der Waals surface area (Å²) in [5.41, 5.74) is 0.885. The summed E-state index contributed by atoms with van der Waals surface area (Å²) in [4.78, 5) is 0.614. The van der Waals surface area contributed by atoms with Gasteiger partial charge in [-0.1, -0.05) is 61.8 Å². The Morgan fingerprint density at radius 3 is 2.30 bits per heavy atom. The molecule has 5 heteroatoms. The normalized spacial score (nSPS) is 15.3. The van der Waals surface area contributed by atoms with Crippen molar-refractivity contribution in [2.24, 2.45) is 5.92 Å². The van der Waals surface area contributed by atoms with E-state index in [4.69, 9.17) is 0 Å². The van der Waals surface area contributed by atoms with Gasteiger partial charge in [-0.25, -0.2) is 13.1 Å². The maximum atomic E-state index is 12.4. The molecule has 1 N–H and O–H groups in total. The van der Waals surface area contributed by atoms with E-state index >= 15 is 0 Å². The van der Waals surface area contributed by atoms with Crippen LogP contribution in [0, 0.1) is 5.92 Å². The minimum atomic E-state index is -3.44. The van der Waals surface area contributed by atoms with Crippen LogP contribution in [0.2, 0.25) is 0 Å². The van der Waals surface area contributed by atoms with Gasteiger partial charge >= 0.3 is 0 Å². The van der Waals surface area contributed by atoms with Crippen molar-refractivity contribution in [1.29, 1.82) is 0 Å². The molecule has 0 amide bonds. The summed E-state index contributed by atoms with van der Waals surface area (Å²) in [7, 11) is -3.44. The summed E-state index contributed by atoms with van der Waals surface area (Å²) in [5.74, 6) is 0.510. The Labute approximate surface area is 131 Å². The Morgan fingerprint density at radius 1 is 1.20 bits per heavy atom. The molecule has 2 atom stereocenters. The molecule has 0 heterocycles. The van der Waals surface area contributed by atoms with E-state index in [0.29, 0.717) is 17.4 Å². The third-order valence-corrected chi connectivity index (χ3v) is 5.43. The van der Waals surface area contributed by atoms with Crippen molar-refractivity contribution in [2.45, 2.75) is 49.8 Å². The molecule has 0 aromatic heterocycles. The summed E-state index contributed by atoms with van der Waals surface area (Å²) in [5, 5.41) is 0. The Balaban J connectivity index is 3.29. The van der Waals surface area contributed by atoms with Gasteiger partial charge in [0.05, 0.1) is 4.90 Å². The van der Waals surface area contributed by atoms with E-state index < -0.39 is 10.0 Å². The second-order valence-electron chi connectivity index (χ2n) is 5.38. The average molecular weight is 362 g/mol. The van der Waals surface area contributed by atoms with Gasteiger partial charge < -0.3 is 0 Å². The largest absolute Gasteiger partial charge is 0.240 e. The van der Waals surface area contributed by atoms with E-state index in [1.165, 1.54) is 0 Å². The van der Waals surface area contributed by atoms with Crippen LogP contribution in [0.5, 0.6) is 0 Å². The van der Waals surface area contributed by atoms with Crippen LogP contribution in [0.4, 0.5) is 0 Å². The number of rotatable bonds is 7. The zero-order valence-corrected chi connectivity index (χ0v) is 15.0. The molecule has 2 unspecified atom stereocenters. The van der Waals surface area contributed by atoms with Crippen molar-refractivity contribution in [2.75, 3.05) is 6.54 Å². The third kappa shape index (κ3) is 4.30. The van der Waals surface area contributed by atoms with Gasteiger partial charge in [0.25, 0.3) is 0 Å². The van der Waals surface area contributed by atoms with Gasteiger partial charge in [0.15, 0.2) is 0 Å². The standard InChI is InChI=1S/C15H24BrNO2S/c1-5-10-17-20(18,19)14-9-7-6-8-13(14)15(11(2)3)12(4)16/h6-9,11-12,15,17H,5,10H2,1-4H3. The van der Waals surface area contributed by atoms with Gasteiger partial charge in [-0.3, -0.25) is 0 Å². The third-order valence-electron chi connectivity index (χ3n) is 3.32. The molecule has 1 rings (SSSR count). The first-order valence-electron chi connectivity index (χ1n) is 7.04. The molecule has 20 heavy (non-hydrogen) atoms. The number of hydrogen-bond donors (Lipinski definition) is 1. The highest BCUT2D eigenvalue weighted by Gasteiger charge is 2.27. The molecular weight excluding hydrogens is 338 g/mol. The van der Waals surface area contributed by atoms with Gasteiger partial charge in [0.1, 0.15) is 0 Å². The Hall–Kier alpha value is -0.390. The zero-order chi connectivity index (χ0) is 15.3. The fourth-order valence-corrected chi connectivity index (χ4v) is 4.75. The van der Waals surface area contributed by atoms with Crippen molar-refractivity contribution < 1.29 is 8.42 Å². The van der Waals surface area contributed by atoms with Crippen LogP contribution in [0.1, 0.15) is 45.6 Å². The number of nitrogens with one attached hydrogen (secondary N) is 1. The predicted molar refractivity (Wildman–Crippen MR) is 87.9 cm³/mol. The molecule has 114 valence electrons. The summed E-state index contributed by atoms with van der Waals surface area (Å²) >= 11 is 3.62. The summed E-state index contributed by atoms with van der Waals surface area (Å²) in [6.45, 7) is 8.71. The van der Waals surface area contributed by atoms with Gasteiger partial charge in [-0.15, -0.1) is 0 Å². The van der Waals surface area contributed by atoms with Crippen molar-refractivity contribution >= 4 is 26.0 Å². The summed E-state index contributed by atoms with van der Waals surface area (Å²) in [6, 6.07) is 7.29. The SMILES string of the molecule is CCCNS(=O)(=O)c1ccccc1C(C(C)C)C(C)Br. The molecule has 0 fully saturated rings. The van der Waals surface area contributed by atoms with E-state index in [0.717, 1.165) is 12.0 Å². The first-order chi connectivity index (χ1) is 9.31. The van der Waals surface area contributed by atoms with Crippen LogP contribution < -0.4 is 4.72 Å². The fraction of sp³-hybridized carbons (Fsp3) is 0.600. The molecule has 0 radical (unpaired) electrons. The quantitative estimate of drug-likeness (QED) is 0.748. The monoisotopic (exact) mass is 361 g/mol. The van der Waals surface area contributed by atoms with E-state index in [-0.39, 0.29) is 10.7 Å². The lowest BCUT2D eigenvalue weighted by Crippen LogP contribution is -2.27. The smallest absolute Gasteiger partial charge is 0.211 e. The first kappa shape index (κ1) is 17.7. The van der Waals surface area contributed by atoms with Crippen LogP contribution in [0.3, 0.4) is 0 Å². The lowest BCUT2D eigenvalue weighted by molar-refractivity contribution is 0.489. The minimum absolute atomic E-state index is 0.157. The molecule has 0 aliphatic rings. The highest BCUT2D eigenvalue weighted by molar-refractivity contribution is 9.09. The second-order valence-corrected chi connectivity index (χ2v) is 8.56. The molecule has 1 aromatic rings. The number of benzene rings is 1. The summed E-state index contributed by atoms with van der Waals surface area (Å²) < 4.78 is 27.5. The van der Waals surface area contributed by atoms with Gasteiger partial charge in [0, 0.05) is 11.4 Å². The molecule has 0 aliphatic carbocycles. The van der Waals surface area contributed by atoms with E-state index in [2.05, 4.69) is 41.4 Å².